The van der Waals surface area contributed by atoms with E-state index in [-0.39, 0.29) is 5.96 Å². The predicted octanol–water partition coefficient (Wildman–Crippen LogP) is 1.91. The number of hydrogen-bond acceptors (Lipinski definition) is 5. The van der Waals surface area contributed by atoms with Gasteiger partial charge < -0.3 is 16.4 Å². The van der Waals surface area contributed by atoms with Gasteiger partial charge in [-0.2, -0.15) is 4.99 Å². The van der Waals surface area contributed by atoms with E-state index < -0.39 is 5.66 Å². The molecular weight excluding hydrogens is 274 g/mol. The first-order valence-electron chi connectivity index (χ1n) is 6.70. The van der Waals surface area contributed by atoms with Crippen molar-refractivity contribution in [2.75, 3.05) is 0 Å². The molecule has 5 nitrogen and oxygen atoms in total. The van der Waals surface area contributed by atoms with Gasteiger partial charge >= 0.3 is 0 Å². The highest BCUT2D eigenvalue weighted by Crippen LogP contribution is 2.45. The maximum Gasteiger partial charge on any atom is 0.220 e. The van der Waals surface area contributed by atoms with Crippen LogP contribution in [0.4, 0.5) is 0 Å². The average Bonchev–Trinajstić information content (AvgIpc) is 3.20. The van der Waals surface area contributed by atoms with Crippen molar-refractivity contribution >= 4 is 23.5 Å². The van der Waals surface area contributed by atoms with Crippen LogP contribution in [0.3, 0.4) is 0 Å². The minimum atomic E-state index is -0.393. The van der Waals surface area contributed by atoms with Gasteiger partial charge in [0.15, 0.2) is 0 Å². The van der Waals surface area contributed by atoms with Crippen LogP contribution in [0.1, 0.15) is 25.3 Å². The standard InChI is InChI=1S/C14H18ClN5/c1-14(10-4-5-10)19-12(16)18-13(17)20(14)8-9-2-6-11(15)7-3-9/h2-3,6-7,10H,4-5,8H2,1H3,(H4,16,17,18,19). The zero-order chi connectivity index (χ0) is 14.3. The second-order valence-corrected chi connectivity index (χ2v) is 5.96. The van der Waals surface area contributed by atoms with E-state index in [0.29, 0.717) is 18.4 Å². The number of hydrogen-bond donors (Lipinski definition) is 2. The molecule has 0 spiro atoms. The highest BCUT2D eigenvalue weighted by molar-refractivity contribution is 6.30. The molecule has 20 heavy (non-hydrogen) atoms. The Balaban J connectivity index is 1.89. The topological polar surface area (TPSA) is 80.0 Å². The van der Waals surface area contributed by atoms with Crippen LogP contribution < -0.4 is 11.5 Å². The summed E-state index contributed by atoms with van der Waals surface area (Å²) in [6, 6.07) is 7.73. The number of guanidine groups is 2. The van der Waals surface area contributed by atoms with Gasteiger partial charge in [-0.15, -0.1) is 0 Å². The van der Waals surface area contributed by atoms with E-state index in [9.17, 15) is 0 Å². The van der Waals surface area contributed by atoms with Crippen molar-refractivity contribution in [1.29, 1.82) is 0 Å². The van der Waals surface area contributed by atoms with Crippen LogP contribution in [-0.4, -0.2) is 22.5 Å². The number of aliphatic imine (C=N–C) groups is 2. The maximum absolute atomic E-state index is 6.08. The van der Waals surface area contributed by atoms with Gasteiger partial charge in [-0.25, -0.2) is 4.99 Å². The Hall–Kier alpha value is -1.75. The number of nitrogens with zero attached hydrogens (tertiary/aromatic N) is 3. The Bertz CT molecular complexity index is 576. The fourth-order valence-corrected chi connectivity index (χ4v) is 2.81. The molecule has 1 heterocycles. The summed E-state index contributed by atoms with van der Waals surface area (Å²) in [5.74, 6) is 1.19. The van der Waals surface area contributed by atoms with E-state index in [0.717, 1.165) is 23.4 Å². The number of rotatable bonds is 3. The van der Waals surface area contributed by atoms with Crippen molar-refractivity contribution in [3.63, 3.8) is 0 Å². The molecule has 2 aliphatic rings. The molecule has 106 valence electrons. The SMILES string of the molecule is CC1(C2CC2)N=C(N)N=C(N)N1Cc1ccc(Cl)cc1. The van der Waals surface area contributed by atoms with E-state index >= 15 is 0 Å². The Labute approximate surface area is 123 Å². The fraction of sp³-hybridized carbons (Fsp3) is 0.429. The van der Waals surface area contributed by atoms with Gasteiger partial charge in [0.1, 0.15) is 5.66 Å². The fourth-order valence-electron chi connectivity index (χ4n) is 2.68. The second-order valence-electron chi connectivity index (χ2n) is 5.52. The Morgan fingerprint density at radius 1 is 1.30 bits per heavy atom. The first kappa shape index (κ1) is 13.2. The van der Waals surface area contributed by atoms with Crippen LogP contribution in [0.2, 0.25) is 5.02 Å². The molecule has 1 aliphatic heterocycles. The number of halogens is 1. The van der Waals surface area contributed by atoms with Crippen molar-refractivity contribution < 1.29 is 0 Å². The van der Waals surface area contributed by atoms with Crippen molar-refractivity contribution in [3.05, 3.63) is 34.9 Å². The van der Waals surface area contributed by atoms with Crippen LogP contribution in [0.25, 0.3) is 0 Å². The van der Waals surface area contributed by atoms with Crippen molar-refractivity contribution in [3.8, 4) is 0 Å². The molecular formula is C14H18ClN5. The molecule has 1 aromatic carbocycles. The van der Waals surface area contributed by atoms with Crippen molar-refractivity contribution in [2.45, 2.75) is 32.0 Å². The molecule has 1 aliphatic carbocycles. The zero-order valence-corrected chi connectivity index (χ0v) is 12.1. The van der Waals surface area contributed by atoms with E-state index in [1.165, 1.54) is 0 Å². The largest absolute Gasteiger partial charge is 0.369 e. The molecule has 0 radical (unpaired) electrons. The molecule has 3 rings (SSSR count). The summed E-state index contributed by atoms with van der Waals surface area (Å²) < 4.78 is 0. The van der Waals surface area contributed by atoms with Gasteiger partial charge in [0.05, 0.1) is 0 Å². The smallest absolute Gasteiger partial charge is 0.220 e. The highest BCUT2D eigenvalue weighted by Gasteiger charge is 2.48. The highest BCUT2D eigenvalue weighted by atomic mass is 35.5. The summed E-state index contributed by atoms with van der Waals surface area (Å²) in [5.41, 5.74) is 12.6. The molecule has 1 unspecified atom stereocenters. The summed E-state index contributed by atoms with van der Waals surface area (Å²) >= 11 is 5.92. The second kappa shape index (κ2) is 4.66. The van der Waals surface area contributed by atoms with E-state index in [4.69, 9.17) is 23.1 Å². The first-order chi connectivity index (χ1) is 9.49. The van der Waals surface area contributed by atoms with Crippen LogP contribution in [-0.2, 0) is 6.54 Å². The molecule has 1 aromatic rings. The van der Waals surface area contributed by atoms with Gasteiger partial charge in [0.25, 0.3) is 0 Å². The summed E-state index contributed by atoms with van der Waals surface area (Å²) in [4.78, 5) is 10.7. The number of nitrogens with two attached hydrogens (primary N) is 2. The molecule has 0 aromatic heterocycles. The van der Waals surface area contributed by atoms with Crippen molar-refractivity contribution in [1.82, 2.24) is 4.90 Å². The Morgan fingerprint density at radius 2 is 1.95 bits per heavy atom. The van der Waals surface area contributed by atoms with Gasteiger partial charge in [0, 0.05) is 17.5 Å². The molecule has 0 saturated heterocycles. The third kappa shape index (κ3) is 2.33. The summed E-state index contributed by atoms with van der Waals surface area (Å²) in [5, 5.41) is 0.723. The van der Waals surface area contributed by atoms with Gasteiger partial charge in [-0.3, -0.25) is 0 Å². The van der Waals surface area contributed by atoms with E-state index in [2.05, 4.69) is 16.9 Å². The summed E-state index contributed by atoms with van der Waals surface area (Å²) in [6.45, 7) is 2.73. The lowest BCUT2D eigenvalue weighted by atomic mass is 10.0. The van der Waals surface area contributed by atoms with E-state index in [1.807, 2.05) is 29.2 Å². The molecule has 1 fully saturated rings. The minimum Gasteiger partial charge on any atom is -0.369 e. The molecule has 0 amide bonds. The average molecular weight is 292 g/mol. The van der Waals surface area contributed by atoms with Crippen LogP contribution in [0.15, 0.2) is 34.3 Å². The maximum atomic E-state index is 6.08. The predicted molar refractivity (Wildman–Crippen MR) is 81.4 cm³/mol. The normalized spacial score (nSPS) is 26.2. The van der Waals surface area contributed by atoms with Crippen LogP contribution in [0.5, 0.6) is 0 Å². The van der Waals surface area contributed by atoms with Crippen LogP contribution >= 0.6 is 11.6 Å². The molecule has 1 atom stereocenters. The zero-order valence-electron chi connectivity index (χ0n) is 11.4. The third-order valence-corrected chi connectivity index (χ3v) is 4.25. The Morgan fingerprint density at radius 3 is 2.55 bits per heavy atom. The van der Waals surface area contributed by atoms with Gasteiger partial charge in [-0.1, -0.05) is 23.7 Å². The lowest BCUT2D eigenvalue weighted by Crippen LogP contribution is -2.56. The molecule has 0 bridgehead atoms. The summed E-state index contributed by atoms with van der Waals surface area (Å²) in [7, 11) is 0. The molecule has 6 heteroatoms. The monoisotopic (exact) mass is 291 g/mol. The van der Waals surface area contributed by atoms with Gasteiger partial charge in [0.2, 0.25) is 11.9 Å². The minimum absolute atomic E-state index is 0.268. The first-order valence-corrected chi connectivity index (χ1v) is 7.08. The molecule has 1 saturated carbocycles. The van der Waals surface area contributed by atoms with E-state index in [1.54, 1.807) is 0 Å². The van der Waals surface area contributed by atoms with Gasteiger partial charge in [-0.05, 0) is 37.5 Å². The molecule has 4 N–H and O–H groups in total. The lowest BCUT2D eigenvalue weighted by molar-refractivity contribution is 0.159. The number of benzene rings is 1. The Kier molecular flexibility index (Phi) is 3.09. The lowest BCUT2D eigenvalue weighted by Gasteiger charge is -2.41. The quantitative estimate of drug-likeness (QED) is 0.893. The third-order valence-electron chi connectivity index (χ3n) is 4.00. The summed E-state index contributed by atoms with van der Waals surface area (Å²) in [6.07, 6.45) is 2.30. The van der Waals surface area contributed by atoms with Crippen molar-refractivity contribution in [2.24, 2.45) is 27.4 Å². The van der Waals surface area contributed by atoms with Crippen LogP contribution in [0, 0.1) is 5.92 Å².